The molecular formula is C21H21N3O2. The summed E-state index contributed by atoms with van der Waals surface area (Å²) in [6.45, 7) is 1.86. The van der Waals surface area contributed by atoms with Crippen LogP contribution in [-0.4, -0.2) is 36.0 Å². The Bertz CT molecular complexity index is 954. The molecule has 0 fully saturated rings. The van der Waals surface area contributed by atoms with E-state index in [1.807, 2.05) is 39.3 Å². The molecule has 1 aromatic heterocycles. The van der Waals surface area contributed by atoms with Crippen molar-refractivity contribution in [3.8, 4) is 5.69 Å². The highest BCUT2D eigenvalue weighted by Crippen LogP contribution is 2.21. The SMILES string of the molecule is Cc1cc(C(=O)O)ccc1N=Cc1cccn1-c1ccc(N(C)C)cc1. The Labute approximate surface area is 152 Å². The summed E-state index contributed by atoms with van der Waals surface area (Å²) in [5.41, 5.74) is 5.00. The van der Waals surface area contributed by atoms with Crippen LogP contribution in [0.1, 0.15) is 21.6 Å². The Morgan fingerprint density at radius 1 is 1.12 bits per heavy atom. The number of aliphatic imine (C=N–C) groups is 1. The number of carboxylic acid groups (broad SMARTS) is 1. The fourth-order valence-corrected chi connectivity index (χ4v) is 2.71. The number of carboxylic acids is 1. The lowest BCUT2D eigenvalue weighted by atomic mass is 10.1. The molecule has 0 radical (unpaired) electrons. The Hall–Kier alpha value is -3.34. The van der Waals surface area contributed by atoms with Crippen molar-refractivity contribution in [1.82, 2.24) is 4.57 Å². The fraction of sp³-hybridized carbons (Fsp3) is 0.143. The first-order chi connectivity index (χ1) is 12.5. The molecule has 26 heavy (non-hydrogen) atoms. The molecule has 0 unspecified atom stereocenters. The van der Waals surface area contributed by atoms with E-state index >= 15 is 0 Å². The standard InChI is InChI=1S/C21H21N3O2/c1-15-13-16(21(25)26)6-11-20(15)22-14-19-5-4-12-24(19)18-9-7-17(8-10-18)23(2)3/h4-14H,1-3H3,(H,25,26). The third kappa shape index (κ3) is 3.67. The number of hydrogen-bond donors (Lipinski definition) is 1. The minimum Gasteiger partial charge on any atom is -0.478 e. The first-order valence-corrected chi connectivity index (χ1v) is 8.29. The third-order valence-electron chi connectivity index (χ3n) is 4.20. The van der Waals surface area contributed by atoms with Crippen molar-refractivity contribution in [3.05, 3.63) is 77.6 Å². The summed E-state index contributed by atoms with van der Waals surface area (Å²) in [6.07, 6.45) is 3.79. The van der Waals surface area contributed by atoms with Crippen LogP contribution in [0.2, 0.25) is 0 Å². The van der Waals surface area contributed by atoms with Gasteiger partial charge in [0.2, 0.25) is 0 Å². The van der Waals surface area contributed by atoms with Gasteiger partial charge in [-0.3, -0.25) is 4.99 Å². The van der Waals surface area contributed by atoms with Crippen molar-refractivity contribution < 1.29 is 9.90 Å². The van der Waals surface area contributed by atoms with Crippen LogP contribution in [0.15, 0.2) is 65.8 Å². The van der Waals surface area contributed by atoms with E-state index in [1.54, 1.807) is 24.4 Å². The molecule has 0 aliphatic carbocycles. The van der Waals surface area contributed by atoms with E-state index in [9.17, 15) is 4.79 Å². The maximum Gasteiger partial charge on any atom is 0.335 e. The molecule has 0 saturated heterocycles. The molecule has 2 aromatic carbocycles. The predicted molar refractivity (Wildman–Crippen MR) is 105 cm³/mol. The van der Waals surface area contributed by atoms with Crippen molar-refractivity contribution in [1.29, 1.82) is 0 Å². The quantitative estimate of drug-likeness (QED) is 0.700. The summed E-state index contributed by atoms with van der Waals surface area (Å²) >= 11 is 0. The molecule has 3 rings (SSSR count). The molecule has 1 heterocycles. The normalized spacial score (nSPS) is 11.0. The maximum atomic E-state index is 11.0. The van der Waals surface area contributed by atoms with Gasteiger partial charge >= 0.3 is 5.97 Å². The van der Waals surface area contributed by atoms with E-state index in [2.05, 4.69) is 38.7 Å². The highest BCUT2D eigenvalue weighted by atomic mass is 16.4. The minimum atomic E-state index is -0.932. The molecule has 0 spiro atoms. The molecule has 0 aliphatic rings. The van der Waals surface area contributed by atoms with E-state index in [-0.39, 0.29) is 5.56 Å². The Morgan fingerprint density at radius 3 is 2.46 bits per heavy atom. The van der Waals surface area contributed by atoms with Crippen LogP contribution in [0.25, 0.3) is 5.69 Å². The van der Waals surface area contributed by atoms with Gasteiger partial charge in [0.15, 0.2) is 0 Å². The van der Waals surface area contributed by atoms with Crippen LogP contribution in [0.4, 0.5) is 11.4 Å². The second kappa shape index (κ2) is 7.27. The highest BCUT2D eigenvalue weighted by Gasteiger charge is 2.06. The summed E-state index contributed by atoms with van der Waals surface area (Å²) in [4.78, 5) is 17.6. The number of rotatable bonds is 5. The lowest BCUT2D eigenvalue weighted by Crippen LogP contribution is -2.08. The number of hydrogen-bond acceptors (Lipinski definition) is 3. The van der Waals surface area contributed by atoms with Gasteiger partial charge in [-0.1, -0.05) is 0 Å². The van der Waals surface area contributed by atoms with Crippen molar-refractivity contribution in [2.75, 3.05) is 19.0 Å². The van der Waals surface area contributed by atoms with Crippen molar-refractivity contribution in [3.63, 3.8) is 0 Å². The summed E-state index contributed by atoms with van der Waals surface area (Å²) in [6, 6.07) is 17.2. The molecule has 3 aromatic rings. The lowest BCUT2D eigenvalue weighted by molar-refractivity contribution is 0.0697. The third-order valence-corrected chi connectivity index (χ3v) is 4.20. The lowest BCUT2D eigenvalue weighted by Gasteiger charge is -2.13. The number of aromatic nitrogens is 1. The molecule has 0 amide bonds. The Morgan fingerprint density at radius 2 is 1.85 bits per heavy atom. The van der Waals surface area contributed by atoms with Gasteiger partial charge in [-0.15, -0.1) is 0 Å². The smallest absolute Gasteiger partial charge is 0.335 e. The van der Waals surface area contributed by atoms with Crippen LogP contribution < -0.4 is 4.90 Å². The minimum absolute atomic E-state index is 0.269. The van der Waals surface area contributed by atoms with Gasteiger partial charge in [-0.05, 0) is 67.1 Å². The van der Waals surface area contributed by atoms with E-state index in [0.29, 0.717) is 0 Å². The Kier molecular flexibility index (Phi) is 4.89. The van der Waals surface area contributed by atoms with Gasteiger partial charge in [-0.2, -0.15) is 0 Å². The summed E-state index contributed by atoms with van der Waals surface area (Å²) in [7, 11) is 4.03. The first-order valence-electron chi connectivity index (χ1n) is 8.29. The summed E-state index contributed by atoms with van der Waals surface area (Å²) in [5, 5.41) is 9.05. The average Bonchev–Trinajstić information content (AvgIpc) is 3.09. The molecule has 0 saturated carbocycles. The molecule has 5 nitrogen and oxygen atoms in total. The first kappa shape index (κ1) is 17.5. The van der Waals surface area contributed by atoms with Gasteiger partial charge in [-0.25, -0.2) is 4.79 Å². The van der Waals surface area contributed by atoms with Gasteiger partial charge in [0.25, 0.3) is 0 Å². The fourth-order valence-electron chi connectivity index (χ4n) is 2.71. The van der Waals surface area contributed by atoms with Crippen LogP contribution in [0.3, 0.4) is 0 Å². The number of aromatic carboxylic acids is 1. The summed E-state index contributed by atoms with van der Waals surface area (Å²) in [5.74, 6) is -0.932. The van der Waals surface area contributed by atoms with Crippen molar-refractivity contribution in [2.45, 2.75) is 6.92 Å². The number of benzene rings is 2. The van der Waals surface area contributed by atoms with E-state index in [1.165, 1.54) is 0 Å². The number of anilines is 1. The van der Waals surface area contributed by atoms with Crippen molar-refractivity contribution >= 4 is 23.6 Å². The zero-order valence-electron chi connectivity index (χ0n) is 15.0. The van der Waals surface area contributed by atoms with Crippen molar-refractivity contribution in [2.24, 2.45) is 4.99 Å². The molecule has 5 heteroatoms. The topological polar surface area (TPSA) is 57.8 Å². The predicted octanol–water partition coefficient (Wildman–Crippen LogP) is 4.30. The van der Waals surface area contributed by atoms with Gasteiger partial charge in [0.05, 0.1) is 23.2 Å². The second-order valence-electron chi connectivity index (χ2n) is 6.28. The highest BCUT2D eigenvalue weighted by molar-refractivity contribution is 5.89. The van der Waals surface area contributed by atoms with Gasteiger partial charge in [0, 0.05) is 31.7 Å². The van der Waals surface area contributed by atoms with E-state index in [0.717, 1.165) is 28.3 Å². The van der Waals surface area contributed by atoms with Crippen LogP contribution >= 0.6 is 0 Å². The second-order valence-corrected chi connectivity index (χ2v) is 6.28. The van der Waals surface area contributed by atoms with Crippen LogP contribution in [0, 0.1) is 6.92 Å². The molecule has 132 valence electrons. The summed E-state index contributed by atoms with van der Waals surface area (Å²) < 4.78 is 2.06. The maximum absolute atomic E-state index is 11.0. The molecule has 0 bridgehead atoms. The van der Waals surface area contributed by atoms with Gasteiger partial charge < -0.3 is 14.6 Å². The van der Waals surface area contributed by atoms with Crippen LogP contribution in [0.5, 0.6) is 0 Å². The number of nitrogens with zero attached hydrogens (tertiary/aromatic N) is 3. The number of aryl methyl sites for hydroxylation is 1. The zero-order chi connectivity index (χ0) is 18.7. The molecule has 0 atom stereocenters. The number of carbonyl (C=O) groups is 1. The average molecular weight is 347 g/mol. The van der Waals surface area contributed by atoms with E-state index < -0.39 is 5.97 Å². The largest absolute Gasteiger partial charge is 0.478 e. The van der Waals surface area contributed by atoms with Crippen LogP contribution in [-0.2, 0) is 0 Å². The molecule has 0 aliphatic heterocycles. The Balaban J connectivity index is 1.87. The monoisotopic (exact) mass is 347 g/mol. The molecular weight excluding hydrogens is 326 g/mol. The molecule has 1 N–H and O–H groups in total. The van der Waals surface area contributed by atoms with E-state index in [4.69, 9.17) is 5.11 Å². The zero-order valence-corrected chi connectivity index (χ0v) is 15.0. The van der Waals surface area contributed by atoms with Gasteiger partial charge in [0.1, 0.15) is 0 Å².